The standard InChI is InChI=1S/C23H16N2O2S/c26-22-21(28-23-24-19-11-4-5-12-20(19)25(22)23)14-17-9-6-10-18(13-17)27-15-16-7-2-1-3-8-16/h1-14H,15H2/b21-14-. The summed E-state index contributed by atoms with van der Waals surface area (Å²) in [6, 6.07) is 25.5. The number of benzene rings is 3. The van der Waals surface area contributed by atoms with E-state index in [1.165, 1.54) is 11.3 Å². The van der Waals surface area contributed by atoms with Crippen molar-refractivity contribution in [3.8, 4) is 5.75 Å². The maximum Gasteiger partial charge on any atom is 0.274 e. The average molecular weight is 384 g/mol. The summed E-state index contributed by atoms with van der Waals surface area (Å²) in [6.45, 7) is 0.510. The fraction of sp³-hybridized carbons (Fsp3) is 0.0435. The van der Waals surface area contributed by atoms with Gasteiger partial charge in [-0.25, -0.2) is 9.38 Å². The zero-order valence-corrected chi connectivity index (χ0v) is 15.7. The van der Waals surface area contributed by atoms with E-state index in [4.69, 9.17) is 4.74 Å². The van der Waals surface area contributed by atoms with Crippen LogP contribution in [0, 0.1) is 0 Å². The highest BCUT2D eigenvalue weighted by Gasteiger charge is 2.10. The SMILES string of the molecule is O=c1/c(=C/c2cccc(OCc3ccccc3)c2)sc2nc3ccccc3n12. The smallest absolute Gasteiger partial charge is 0.274 e. The predicted octanol–water partition coefficient (Wildman–Crippen LogP) is 4.04. The van der Waals surface area contributed by atoms with E-state index in [0.717, 1.165) is 27.9 Å². The average Bonchev–Trinajstić information content (AvgIpc) is 3.24. The van der Waals surface area contributed by atoms with E-state index < -0.39 is 0 Å². The van der Waals surface area contributed by atoms with Crippen molar-refractivity contribution < 1.29 is 4.74 Å². The van der Waals surface area contributed by atoms with E-state index >= 15 is 0 Å². The molecule has 0 N–H and O–H groups in total. The summed E-state index contributed by atoms with van der Waals surface area (Å²) >= 11 is 1.40. The minimum absolute atomic E-state index is 0.0377. The molecule has 0 aliphatic carbocycles. The molecule has 0 radical (unpaired) electrons. The molecule has 2 heterocycles. The molecule has 0 aliphatic rings. The zero-order chi connectivity index (χ0) is 18.9. The van der Waals surface area contributed by atoms with Crippen molar-refractivity contribution in [1.82, 2.24) is 9.38 Å². The van der Waals surface area contributed by atoms with Crippen molar-refractivity contribution >= 4 is 33.4 Å². The van der Waals surface area contributed by atoms with Gasteiger partial charge in [0.2, 0.25) is 0 Å². The summed E-state index contributed by atoms with van der Waals surface area (Å²) in [6.07, 6.45) is 1.89. The topological polar surface area (TPSA) is 43.6 Å². The maximum absolute atomic E-state index is 12.9. The summed E-state index contributed by atoms with van der Waals surface area (Å²) in [5, 5.41) is 0. The normalized spacial score (nSPS) is 12.1. The number of hydrogen-bond donors (Lipinski definition) is 0. The van der Waals surface area contributed by atoms with Crippen molar-refractivity contribution in [2.24, 2.45) is 0 Å². The van der Waals surface area contributed by atoms with Gasteiger partial charge < -0.3 is 4.74 Å². The number of para-hydroxylation sites is 2. The minimum atomic E-state index is -0.0377. The molecule has 5 heteroatoms. The Balaban J connectivity index is 1.49. The Morgan fingerprint density at radius 2 is 1.79 bits per heavy atom. The molecule has 0 fully saturated rings. The minimum Gasteiger partial charge on any atom is -0.489 e. The summed E-state index contributed by atoms with van der Waals surface area (Å²) < 4.78 is 8.23. The molecule has 0 amide bonds. The lowest BCUT2D eigenvalue weighted by molar-refractivity contribution is 0.306. The molecular weight excluding hydrogens is 368 g/mol. The highest BCUT2D eigenvalue weighted by molar-refractivity contribution is 7.15. The number of thiazole rings is 1. The molecule has 2 aromatic heterocycles. The first-order valence-corrected chi connectivity index (χ1v) is 9.78. The Labute approximate surface area is 165 Å². The number of rotatable bonds is 4. The van der Waals surface area contributed by atoms with Crippen LogP contribution in [0.1, 0.15) is 11.1 Å². The molecule has 5 rings (SSSR count). The van der Waals surface area contributed by atoms with Crippen LogP contribution < -0.4 is 14.8 Å². The van der Waals surface area contributed by atoms with Gasteiger partial charge in [-0.05, 0) is 41.5 Å². The third-order valence-corrected chi connectivity index (χ3v) is 5.52. The summed E-state index contributed by atoms with van der Waals surface area (Å²) in [5.74, 6) is 0.775. The van der Waals surface area contributed by atoms with Gasteiger partial charge >= 0.3 is 0 Å². The number of nitrogens with zero attached hydrogens (tertiary/aromatic N) is 2. The molecule has 3 aromatic carbocycles. The fourth-order valence-corrected chi connectivity index (χ4v) is 4.19. The van der Waals surface area contributed by atoms with Crippen LogP contribution in [0.3, 0.4) is 0 Å². The largest absolute Gasteiger partial charge is 0.489 e. The molecule has 0 unspecified atom stereocenters. The molecule has 28 heavy (non-hydrogen) atoms. The Kier molecular flexibility index (Phi) is 4.14. The van der Waals surface area contributed by atoms with Gasteiger partial charge in [0.1, 0.15) is 12.4 Å². The van der Waals surface area contributed by atoms with E-state index in [1.54, 1.807) is 4.40 Å². The first-order valence-electron chi connectivity index (χ1n) is 8.96. The monoisotopic (exact) mass is 384 g/mol. The van der Waals surface area contributed by atoms with Crippen LogP contribution in [0.15, 0.2) is 83.7 Å². The van der Waals surface area contributed by atoms with E-state index in [9.17, 15) is 4.79 Å². The number of hydrogen-bond acceptors (Lipinski definition) is 4. The summed E-state index contributed by atoms with van der Waals surface area (Å²) in [5.41, 5.74) is 3.69. The molecule has 0 atom stereocenters. The van der Waals surface area contributed by atoms with Gasteiger partial charge in [-0.1, -0.05) is 65.9 Å². The van der Waals surface area contributed by atoms with Crippen molar-refractivity contribution in [3.63, 3.8) is 0 Å². The Hall–Kier alpha value is -3.44. The van der Waals surface area contributed by atoms with E-state index in [2.05, 4.69) is 4.98 Å². The lowest BCUT2D eigenvalue weighted by atomic mass is 10.2. The molecule has 0 aliphatic heterocycles. The third-order valence-electron chi connectivity index (χ3n) is 4.55. The zero-order valence-electron chi connectivity index (χ0n) is 14.9. The first kappa shape index (κ1) is 16.7. The van der Waals surface area contributed by atoms with Crippen molar-refractivity contribution in [1.29, 1.82) is 0 Å². The van der Waals surface area contributed by atoms with Gasteiger partial charge in [-0.15, -0.1) is 0 Å². The van der Waals surface area contributed by atoms with Crippen molar-refractivity contribution in [3.05, 3.63) is 105 Å². The number of ether oxygens (including phenoxy) is 1. The van der Waals surface area contributed by atoms with Gasteiger partial charge in [0.05, 0.1) is 15.6 Å². The van der Waals surface area contributed by atoms with Gasteiger partial charge in [0.25, 0.3) is 5.56 Å². The lowest BCUT2D eigenvalue weighted by Crippen LogP contribution is -2.22. The highest BCUT2D eigenvalue weighted by atomic mass is 32.1. The molecule has 4 nitrogen and oxygen atoms in total. The van der Waals surface area contributed by atoms with Crippen LogP contribution in [0.4, 0.5) is 0 Å². The van der Waals surface area contributed by atoms with Crippen LogP contribution in [0.5, 0.6) is 5.75 Å². The van der Waals surface area contributed by atoms with Crippen LogP contribution in [-0.4, -0.2) is 9.38 Å². The Bertz CT molecular complexity index is 1390. The lowest BCUT2D eigenvalue weighted by Gasteiger charge is -2.06. The molecule has 136 valence electrons. The van der Waals surface area contributed by atoms with Gasteiger partial charge in [0.15, 0.2) is 4.96 Å². The van der Waals surface area contributed by atoms with E-state index in [1.807, 2.05) is 84.9 Å². The first-order chi connectivity index (χ1) is 13.8. The maximum atomic E-state index is 12.9. The van der Waals surface area contributed by atoms with Gasteiger partial charge in [-0.3, -0.25) is 4.79 Å². The summed E-state index contributed by atoms with van der Waals surface area (Å²) in [4.78, 5) is 18.1. The fourth-order valence-electron chi connectivity index (χ4n) is 3.20. The highest BCUT2D eigenvalue weighted by Crippen LogP contribution is 2.17. The molecule has 5 aromatic rings. The second kappa shape index (κ2) is 6.94. The van der Waals surface area contributed by atoms with E-state index in [0.29, 0.717) is 16.1 Å². The van der Waals surface area contributed by atoms with Crippen LogP contribution in [0.25, 0.3) is 22.1 Å². The van der Waals surface area contributed by atoms with Crippen LogP contribution >= 0.6 is 11.3 Å². The number of fused-ring (bicyclic) bond motifs is 3. The van der Waals surface area contributed by atoms with Crippen molar-refractivity contribution in [2.45, 2.75) is 6.61 Å². The van der Waals surface area contributed by atoms with Crippen molar-refractivity contribution in [2.75, 3.05) is 0 Å². The predicted molar refractivity (Wildman–Crippen MR) is 113 cm³/mol. The second-order valence-electron chi connectivity index (χ2n) is 6.48. The Morgan fingerprint density at radius 3 is 2.68 bits per heavy atom. The molecule has 0 saturated heterocycles. The molecule has 0 bridgehead atoms. The van der Waals surface area contributed by atoms with Crippen LogP contribution in [0.2, 0.25) is 0 Å². The second-order valence-corrected chi connectivity index (χ2v) is 7.49. The number of imidazole rings is 1. The van der Waals surface area contributed by atoms with Gasteiger partial charge in [0, 0.05) is 0 Å². The number of aromatic nitrogens is 2. The molecular formula is C23H16N2O2S. The van der Waals surface area contributed by atoms with E-state index in [-0.39, 0.29) is 5.56 Å². The van der Waals surface area contributed by atoms with Gasteiger partial charge in [-0.2, -0.15) is 0 Å². The molecule has 0 spiro atoms. The van der Waals surface area contributed by atoms with Crippen LogP contribution in [-0.2, 0) is 6.61 Å². The quantitative estimate of drug-likeness (QED) is 0.470. The third kappa shape index (κ3) is 3.06. The Morgan fingerprint density at radius 1 is 0.964 bits per heavy atom. The molecule has 0 saturated carbocycles. The summed E-state index contributed by atoms with van der Waals surface area (Å²) in [7, 11) is 0.